The van der Waals surface area contributed by atoms with Crippen LogP contribution in [0.4, 0.5) is 4.39 Å². The van der Waals surface area contributed by atoms with E-state index in [4.69, 9.17) is 16.3 Å². The van der Waals surface area contributed by atoms with Gasteiger partial charge in [-0.15, -0.1) is 0 Å². The smallest absolute Gasteiger partial charge is 0.156 e. The van der Waals surface area contributed by atoms with Gasteiger partial charge in [-0.3, -0.25) is 4.79 Å². The van der Waals surface area contributed by atoms with Crippen LogP contribution in [-0.2, 0) is 0 Å². The van der Waals surface area contributed by atoms with Crippen molar-refractivity contribution in [1.82, 2.24) is 0 Å². The first-order valence-electron chi connectivity index (χ1n) is 3.87. The first-order chi connectivity index (χ1) is 6.61. The van der Waals surface area contributed by atoms with Crippen molar-refractivity contribution >= 4 is 33.8 Å². The molecule has 1 rings (SSSR count). The van der Waals surface area contributed by atoms with Crippen LogP contribution in [0.3, 0.4) is 0 Å². The van der Waals surface area contributed by atoms with E-state index in [9.17, 15) is 9.18 Å². The Balaban J connectivity index is 3.33. The molecule has 1 aromatic rings. The van der Waals surface area contributed by atoms with Crippen molar-refractivity contribution in [1.29, 1.82) is 0 Å². The molecule has 0 bridgehead atoms. The predicted molar refractivity (Wildman–Crippen MR) is 55.7 cm³/mol. The van der Waals surface area contributed by atoms with Gasteiger partial charge in [0.1, 0.15) is 5.02 Å². The van der Waals surface area contributed by atoms with Crippen molar-refractivity contribution in [3.05, 3.63) is 26.9 Å². The van der Waals surface area contributed by atoms with E-state index < -0.39 is 5.82 Å². The summed E-state index contributed by atoms with van der Waals surface area (Å²) in [4.78, 5) is 10.4. The normalized spacial score (nSPS) is 10.0. The first kappa shape index (κ1) is 11.5. The number of carbonyl (C=O) groups is 1. The molecule has 0 fully saturated rings. The summed E-state index contributed by atoms with van der Waals surface area (Å²) in [5.74, 6) is -0.536. The summed E-state index contributed by atoms with van der Waals surface area (Å²) in [6.07, 6.45) is 0.404. The van der Waals surface area contributed by atoms with Crippen molar-refractivity contribution in [3.8, 4) is 5.75 Å². The van der Waals surface area contributed by atoms with Crippen LogP contribution in [0, 0.1) is 5.82 Å². The van der Waals surface area contributed by atoms with Gasteiger partial charge in [-0.05, 0) is 28.9 Å². The van der Waals surface area contributed by atoms with Crippen LogP contribution < -0.4 is 4.74 Å². The van der Waals surface area contributed by atoms with E-state index >= 15 is 0 Å². The lowest BCUT2D eigenvalue weighted by Gasteiger charge is -2.09. The number of halogens is 3. The van der Waals surface area contributed by atoms with E-state index in [1.165, 1.54) is 6.07 Å². The number of carbonyl (C=O) groups excluding carboxylic acids is 1. The molecular formula is C9H7BrClFO2. The fraction of sp³-hybridized carbons (Fsp3) is 0.222. The molecule has 76 valence electrons. The lowest BCUT2D eigenvalue weighted by atomic mass is 10.2. The van der Waals surface area contributed by atoms with Crippen molar-refractivity contribution in [2.45, 2.75) is 6.92 Å². The molecule has 2 nitrogen and oxygen atoms in total. The summed E-state index contributed by atoms with van der Waals surface area (Å²) in [6.45, 7) is 2.13. The van der Waals surface area contributed by atoms with Gasteiger partial charge in [0.15, 0.2) is 17.9 Å². The minimum Gasteiger partial charge on any atom is -0.491 e. The topological polar surface area (TPSA) is 26.3 Å². The van der Waals surface area contributed by atoms with Gasteiger partial charge in [-0.25, -0.2) is 4.39 Å². The molecule has 0 aromatic heterocycles. The van der Waals surface area contributed by atoms with Gasteiger partial charge in [0.05, 0.1) is 16.6 Å². The molecule has 0 radical (unpaired) electrons. The molecular weight excluding hydrogens is 274 g/mol. The summed E-state index contributed by atoms with van der Waals surface area (Å²) in [5.41, 5.74) is -0.0923. The summed E-state index contributed by atoms with van der Waals surface area (Å²) in [7, 11) is 0. The molecule has 0 amide bonds. The van der Waals surface area contributed by atoms with E-state index in [0.717, 1.165) is 0 Å². The monoisotopic (exact) mass is 280 g/mol. The van der Waals surface area contributed by atoms with Crippen LogP contribution in [0.1, 0.15) is 17.3 Å². The van der Waals surface area contributed by atoms with Crippen molar-refractivity contribution in [2.24, 2.45) is 0 Å². The minimum atomic E-state index is -0.756. The highest BCUT2D eigenvalue weighted by atomic mass is 79.9. The van der Waals surface area contributed by atoms with E-state index in [2.05, 4.69) is 15.9 Å². The van der Waals surface area contributed by atoms with Gasteiger partial charge in [0, 0.05) is 0 Å². The third-order valence-electron chi connectivity index (χ3n) is 1.56. The van der Waals surface area contributed by atoms with Crippen molar-refractivity contribution in [2.75, 3.05) is 6.61 Å². The first-order valence-corrected chi connectivity index (χ1v) is 5.04. The third kappa shape index (κ3) is 2.07. The van der Waals surface area contributed by atoms with E-state index in [0.29, 0.717) is 17.4 Å². The zero-order valence-corrected chi connectivity index (χ0v) is 9.65. The van der Waals surface area contributed by atoms with Crippen LogP contribution in [0.5, 0.6) is 5.75 Å². The maximum Gasteiger partial charge on any atom is 0.156 e. The number of rotatable bonds is 3. The Morgan fingerprint density at radius 2 is 2.36 bits per heavy atom. The Morgan fingerprint density at radius 1 is 1.71 bits per heavy atom. The average Bonchev–Trinajstić information content (AvgIpc) is 2.18. The molecule has 0 saturated heterocycles. The fourth-order valence-corrected chi connectivity index (χ4v) is 1.90. The number of hydrogen-bond donors (Lipinski definition) is 0. The van der Waals surface area contributed by atoms with Crippen LogP contribution in [0.2, 0.25) is 5.02 Å². The molecule has 1 aromatic carbocycles. The highest BCUT2D eigenvalue weighted by molar-refractivity contribution is 9.10. The maximum atomic E-state index is 13.3. The number of hydrogen-bond acceptors (Lipinski definition) is 2. The second-order valence-corrected chi connectivity index (χ2v) is 3.69. The summed E-state index contributed by atoms with van der Waals surface area (Å²) < 4.78 is 18.9. The van der Waals surface area contributed by atoms with Gasteiger partial charge in [0.25, 0.3) is 0 Å². The van der Waals surface area contributed by atoms with E-state index in [1.807, 2.05) is 0 Å². The Morgan fingerprint density at radius 3 is 2.86 bits per heavy atom. The lowest BCUT2D eigenvalue weighted by Crippen LogP contribution is -1.98. The molecule has 0 aliphatic carbocycles. The Bertz CT molecular complexity index is 368. The number of benzene rings is 1. The molecule has 0 heterocycles. The summed E-state index contributed by atoms with van der Waals surface area (Å²) in [6, 6.07) is 1.33. The van der Waals surface area contributed by atoms with Gasteiger partial charge in [-0.1, -0.05) is 11.6 Å². The summed E-state index contributed by atoms with van der Waals surface area (Å²) >= 11 is 8.81. The molecule has 0 atom stereocenters. The zero-order valence-electron chi connectivity index (χ0n) is 7.31. The molecule has 0 unspecified atom stereocenters. The second kappa shape index (κ2) is 4.75. The molecule has 0 aliphatic rings. The summed E-state index contributed by atoms with van der Waals surface area (Å²) in [5, 5.41) is -0.177. The molecule has 0 saturated carbocycles. The molecule has 0 aliphatic heterocycles. The van der Waals surface area contributed by atoms with Crippen LogP contribution in [0.25, 0.3) is 0 Å². The average molecular weight is 282 g/mol. The highest BCUT2D eigenvalue weighted by Gasteiger charge is 2.16. The van der Waals surface area contributed by atoms with Crippen molar-refractivity contribution < 1.29 is 13.9 Å². The van der Waals surface area contributed by atoms with Gasteiger partial charge in [0.2, 0.25) is 0 Å². The Kier molecular flexibility index (Phi) is 3.89. The maximum absolute atomic E-state index is 13.3. The molecule has 0 spiro atoms. The predicted octanol–water partition coefficient (Wildman–Crippen LogP) is 3.45. The number of aldehydes is 1. The Labute approximate surface area is 94.1 Å². The van der Waals surface area contributed by atoms with Crippen LogP contribution in [0.15, 0.2) is 10.5 Å². The van der Waals surface area contributed by atoms with Crippen LogP contribution >= 0.6 is 27.5 Å². The number of ether oxygens (including phenoxy) is 1. The van der Waals surface area contributed by atoms with E-state index in [-0.39, 0.29) is 16.3 Å². The van der Waals surface area contributed by atoms with Crippen LogP contribution in [-0.4, -0.2) is 12.9 Å². The lowest BCUT2D eigenvalue weighted by molar-refractivity contribution is 0.111. The minimum absolute atomic E-state index is 0.0923. The van der Waals surface area contributed by atoms with Gasteiger partial charge in [-0.2, -0.15) is 0 Å². The van der Waals surface area contributed by atoms with Gasteiger partial charge < -0.3 is 4.74 Å². The second-order valence-electron chi connectivity index (χ2n) is 2.46. The largest absolute Gasteiger partial charge is 0.491 e. The molecule has 0 N–H and O–H groups in total. The van der Waals surface area contributed by atoms with Gasteiger partial charge >= 0.3 is 0 Å². The quantitative estimate of drug-likeness (QED) is 0.626. The van der Waals surface area contributed by atoms with Crippen molar-refractivity contribution in [3.63, 3.8) is 0 Å². The highest BCUT2D eigenvalue weighted by Crippen LogP contribution is 2.36. The zero-order chi connectivity index (χ0) is 10.7. The fourth-order valence-electron chi connectivity index (χ4n) is 0.959. The third-order valence-corrected chi connectivity index (χ3v) is 2.49. The molecule has 14 heavy (non-hydrogen) atoms. The Hall–Kier alpha value is -0.610. The molecule has 5 heteroatoms. The SMILES string of the molecule is CCOc1c(Br)cc(C=O)c(F)c1Cl. The van der Waals surface area contributed by atoms with E-state index in [1.54, 1.807) is 6.92 Å². The standard InChI is InChI=1S/C9H7BrClFO2/c1-2-14-9-6(10)3-5(4-13)8(12)7(9)11/h3-4H,2H2,1H3.